The molecule has 0 saturated heterocycles. The van der Waals surface area contributed by atoms with Crippen molar-refractivity contribution in [1.82, 2.24) is 10.6 Å². The molecule has 0 aliphatic heterocycles. The maximum Gasteiger partial charge on any atom is 0.191 e. The maximum atomic E-state index is 11.6. The zero-order chi connectivity index (χ0) is 20.8. The predicted molar refractivity (Wildman–Crippen MR) is 114 cm³/mol. The highest BCUT2D eigenvalue weighted by molar-refractivity contribution is 7.90. The van der Waals surface area contributed by atoms with E-state index >= 15 is 0 Å². The molecule has 1 aromatic carbocycles. The molecular weight excluding hydrogens is 374 g/mol. The second kappa shape index (κ2) is 9.74. The summed E-state index contributed by atoms with van der Waals surface area (Å²) < 4.78 is 29.1. The van der Waals surface area contributed by atoms with Crippen LogP contribution in [0.15, 0.2) is 34.2 Å². The van der Waals surface area contributed by atoms with Gasteiger partial charge in [0.2, 0.25) is 0 Å². The third kappa shape index (κ3) is 5.06. The summed E-state index contributed by atoms with van der Waals surface area (Å²) in [4.78, 5) is 5.04. The molecule has 7 heteroatoms. The summed E-state index contributed by atoms with van der Waals surface area (Å²) in [5.41, 5.74) is 1.12. The summed E-state index contributed by atoms with van der Waals surface area (Å²) in [7, 11) is -3.17. The quantitative estimate of drug-likeness (QED) is 0.484. The number of hydrogen-bond donors (Lipinski definition) is 2. The van der Waals surface area contributed by atoms with Gasteiger partial charge in [0.15, 0.2) is 15.8 Å². The molecule has 0 amide bonds. The standard InChI is InChI=1S/C21H35N3O3S/c1-6-21(7-2)18(14-19(21)27-9-4)24-20(22-8-3)23-15-16-10-12-17(13-11-16)28(5,25)26/h10-13,18-19H,6-9,14-15H2,1-5H3,(H2,22,23,24). The Morgan fingerprint density at radius 3 is 2.32 bits per heavy atom. The molecule has 28 heavy (non-hydrogen) atoms. The zero-order valence-electron chi connectivity index (χ0n) is 17.8. The molecule has 2 unspecified atom stereocenters. The van der Waals surface area contributed by atoms with Crippen LogP contribution in [0.3, 0.4) is 0 Å². The lowest BCUT2D eigenvalue weighted by Gasteiger charge is -2.55. The van der Waals surface area contributed by atoms with E-state index in [1.807, 2.05) is 12.1 Å². The number of guanidine groups is 1. The lowest BCUT2D eigenvalue weighted by atomic mass is 9.58. The Balaban J connectivity index is 2.08. The Kier molecular flexibility index (Phi) is 7.89. The van der Waals surface area contributed by atoms with Gasteiger partial charge in [0.05, 0.1) is 17.5 Å². The average Bonchev–Trinajstić information content (AvgIpc) is 2.66. The van der Waals surface area contributed by atoms with Crippen LogP contribution in [-0.4, -0.2) is 45.9 Å². The van der Waals surface area contributed by atoms with Gasteiger partial charge >= 0.3 is 0 Å². The summed E-state index contributed by atoms with van der Waals surface area (Å²) in [6, 6.07) is 7.25. The van der Waals surface area contributed by atoms with Crippen molar-refractivity contribution >= 4 is 15.8 Å². The second-order valence-electron chi connectivity index (χ2n) is 7.43. The fourth-order valence-electron chi connectivity index (χ4n) is 4.08. The van der Waals surface area contributed by atoms with Gasteiger partial charge in [0.1, 0.15) is 0 Å². The van der Waals surface area contributed by atoms with E-state index in [4.69, 9.17) is 9.73 Å². The average molecular weight is 410 g/mol. The van der Waals surface area contributed by atoms with E-state index in [-0.39, 0.29) is 5.41 Å². The van der Waals surface area contributed by atoms with Gasteiger partial charge in [0, 0.05) is 30.9 Å². The van der Waals surface area contributed by atoms with Crippen LogP contribution in [-0.2, 0) is 21.1 Å². The minimum atomic E-state index is -3.17. The number of hydrogen-bond acceptors (Lipinski definition) is 4. The minimum absolute atomic E-state index is 0.142. The van der Waals surface area contributed by atoms with Crippen molar-refractivity contribution in [2.45, 2.75) is 70.5 Å². The second-order valence-corrected chi connectivity index (χ2v) is 9.44. The number of aliphatic imine (C=N–C) groups is 1. The first kappa shape index (κ1) is 22.7. The Hall–Kier alpha value is -1.60. The van der Waals surface area contributed by atoms with E-state index < -0.39 is 9.84 Å². The fraction of sp³-hybridized carbons (Fsp3) is 0.667. The van der Waals surface area contributed by atoms with Gasteiger partial charge in [-0.15, -0.1) is 0 Å². The molecule has 1 aliphatic rings. The largest absolute Gasteiger partial charge is 0.378 e. The van der Waals surface area contributed by atoms with Gasteiger partial charge in [-0.2, -0.15) is 0 Å². The molecule has 0 bridgehead atoms. The highest BCUT2D eigenvalue weighted by Gasteiger charge is 2.53. The van der Waals surface area contributed by atoms with Crippen LogP contribution in [0.25, 0.3) is 0 Å². The molecule has 0 radical (unpaired) electrons. The molecule has 158 valence electrons. The third-order valence-corrected chi connectivity index (χ3v) is 7.02. The Morgan fingerprint density at radius 1 is 1.18 bits per heavy atom. The predicted octanol–water partition coefficient (Wildman–Crippen LogP) is 3.13. The van der Waals surface area contributed by atoms with Crippen molar-refractivity contribution in [3.05, 3.63) is 29.8 Å². The van der Waals surface area contributed by atoms with E-state index in [9.17, 15) is 8.42 Å². The highest BCUT2D eigenvalue weighted by atomic mass is 32.2. The first-order valence-electron chi connectivity index (χ1n) is 10.3. The number of sulfone groups is 1. The molecule has 1 fully saturated rings. The van der Waals surface area contributed by atoms with Crippen LogP contribution in [0.2, 0.25) is 0 Å². The smallest absolute Gasteiger partial charge is 0.191 e. The van der Waals surface area contributed by atoms with Gasteiger partial charge < -0.3 is 15.4 Å². The van der Waals surface area contributed by atoms with Crippen LogP contribution < -0.4 is 10.6 Å². The normalized spacial score (nSPS) is 21.8. The molecule has 1 saturated carbocycles. The summed E-state index contributed by atoms with van der Waals surface area (Å²) in [5.74, 6) is 0.793. The summed E-state index contributed by atoms with van der Waals surface area (Å²) in [5, 5.41) is 6.93. The summed E-state index contributed by atoms with van der Waals surface area (Å²) in [6.45, 7) is 10.6. The van der Waals surface area contributed by atoms with E-state index in [0.717, 1.165) is 43.9 Å². The van der Waals surface area contributed by atoms with E-state index in [0.29, 0.717) is 23.6 Å². The zero-order valence-corrected chi connectivity index (χ0v) is 18.6. The molecule has 0 aromatic heterocycles. The van der Waals surface area contributed by atoms with Crippen LogP contribution in [0.4, 0.5) is 0 Å². The molecular formula is C21H35N3O3S. The van der Waals surface area contributed by atoms with Crippen molar-refractivity contribution in [3.63, 3.8) is 0 Å². The molecule has 2 N–H and O–H groups in total. The van der Waals surface area contributed by atoms with Gasteiger partial charge in [-0.3, -0.25) is 0 Å². The molecule has 6 nitrogen and oxygen atoms in total. The molecule has 0 spiro atoms. The monoisotopic (exact) mass is 409 g/mol. The molecule has 1 aliphatic carbocycles. The van der Waals surface area contributed by atoms with E-state index in [2.05, 4.69) is 38.3 Å². The van der Waals surface area contributed by atoms with Crippen LogP contribution in [0.1, 0.15) is 52.5 Å². The summed E-state index contributed by atoms with van der Waals surface area (Å²) >= 11 is 0. The van der Waals surface area contributed by atoms with Crippen molar-refractivity contribution in [1.29, 1.82) is 0 Å². The Labute approximate surface area is 170 Å². The SMILES string of the molecule is CCNC(=NCc1ccc(S(C)(=O)=O)cc1)NC1CC(OCC)C1(CC)CC. The first-order valence-corrected chi connectivity index (χ1v) is 12.1. The van der Waals surface area contributed by atoms with Crippen LogP contribution >= 0.6 is 0 Å². The van der Waals surface area contributed by atoms with Crippen molar-refractivity contribution < 1.29 is 13.2 Å². The van der Waals surface area contributed by atoms with Crippen molar-refractivity contribution in [2.75, 3.05) is 19.4 Å². The number of rotatable bonds is 9. The van der Waals surface area contributed by atoms with Gasteiger partial charge in [-0.25, -0.2) is 13.4 Å². The van der Waals surface area contributed by atoms with E-state index in [1.54, 1.807) is 12.1 Å². The number of ether oxygens (including phenoxy) is 1. The maximum absolute atomic E-state index is 11.6. The molecule has 1 aromatic rings. The number of benzene rings is 1. The molecule has 2 rings (SSSR count). The van der Waals surface area contributed by atoms with Crippen LogP contribution in [0.5, 0.6) is 0 Å². The van der Waals surface area contributed by atoms with Crippen molar-refractivity contribution in [3.8, 4) is 0 Å². The third-order valence-electron chi connectivity index (χ3n) is 5.90. The molecule has 2 atom stereocenters. The molecule has 0 heterocycles. The topological polar surface area (TPSA) is 79.8 Å². The van der Waals surface area contributed by atoms with E-state index in [1.165, 1.54) is 6.26 Å². The lowest BCUT2D eigenvalue weighted by Crippen LogP contribution is -2.65. The Morgan fingerprint density at radius 2 is 1.82 bits per heavy atom. The summed E-state index contributed by atoms with van der Waals surface area (Å²) in [6.07, 6.45) is 4.64. The first-order chi connectivity index (χ1) is 13.3. The highest BCUT2D eigenvalue weighted by Crippen LogP contribution is 2.48. The van der Waals surface area contributed by atoms with Crippen molar-refractivity contribution in [2.24, 2.45) is 10.4 Å². The number of nitrogens with zero attached hydrogens (tertiary/aromatic N) is 1. The number of nitrogens with one attached hydrogen (secondary N) is 2. The van der Waals surface area contributed by atoms with Gasteiger partial charge in [-0.05, 0) is 50.8 Å². The fourth-order valence-corrected chi connectivity index (χ4v) is 4.71. The Bertz CT molecular complexity index is 756. The lowest BCUT2D eigenvalue weighted by molar-refractivity contribution is -0.133. The van der Waals surface area contributed by atoms with Gasteiger partial charge in [-0.1, -0.05) is 26.0 Å². The minimum Gasteiger partial charge on any atom is -0.378 e. The van der Waals surface area contributed by atoms with Gasteiger partial charge in [0.25, 0.3) is 0 Å². The van der Waals surface area contributed by atoms with Crippen LogP contribution in [0, 0.1) is 5.41 Å².